The SMILES string of the molecule is Cn1c(C(=O)N2CC(F)(F)C2)cc2ccc(-c3nccc(/C=C/c4cccc(-c5cn[nH]c5)c4)n3)cc21. The molecule has 3 aromatic heterocycles. The zero-order valence-corrected chi connectivity index (χ0v) is 19.9. The number of hydrogen-bond acceptors (Lipinski definition) is 4. The number of rotatable bonds is 5. The predicted molar refractivity (Wildman–Crippen MR) is 138 cm³/mol. The molecule has 7 nitrogen and oxygen atoms in total. The monoisotopic (exact) mass is 496 g/mol. The minimum atomic E-state index is -2.80. The van der Waals surface area contributed by atoms with Gasteiger partial charge in [-0.3, -0.25) is 9.89 Å². The Hall–Kier alpha value is -4.66. The lowest BCUT2D eigenvalue weighted by Gasteiger charge is -2.38. The molecule has 1 amide bonds. The maximum Gasteiger partial charge on any atom is 0.282 e. The van der Waals surface area contributed by atoms with Crippen LogP contribution in [0.4, 0.5) is 8.78 Å². The molecule has 37 heavy (non-hydrogen) atoms. The maximum atomic E-state index is 13.2. The van der Waals surface area contributed by atoms with E-state index in [2.05, 4.69) is 21.2 Å². The van der Waals surface area contributed by atoms with E-state index in [9.17, 15) is 13.6 Å². The standard InChI is InChI=1S/C28H22F2N6O/c1-35-24-13-21(7-6-20(24)12-25(35)27(37)36-16-28(29,30)17-36)26-31-10-9-23(34-26)8-5-18-3-2-4-19(11-18)22-14-32-33-15-22/h2-15H,16-17H2,1H3,(H,32,33)/b8-5+. The fourth-order valence-electron chi connectivity index (χ4n) is 4.51. The minimum absolute atomic E-state index is 0.373. The molecule has 0 spiro atoms. The van der Waals surface area contributed by atoms with Gasteiger partial charge < -0.3 is 9.47 Å². The highest BCUT2D eigenvalue weighted by Crippen LogP contribution is 2.30. The topological polar surface area (TPSA) is 79.7 Å². The number of likely N-dealkylation sites (tertiary alicyclic amines) is 1. The number of hydrogen-bond donors (Lipinski definition) is 1. The third-order valence-electron chi connectivity index (χ3n) is 6.50. The number of amides is 1. The first-order valence-corrected chi connectivity index (χ1v) is 11.7. The number of fused-ring (bicyclic) bond motifs is 1. The van der Waals surface area contributed by atoms with Crippen molar-refractivity contribution in [3.63, 3.8) is 0 Å². The van der Waals surface area contributed by atoms with Crippen molar-refractivity contribution in [1.29, 1.82) is 0 Å². The van der Waals surface area contributed by atoms with Gasteiger partial charge in [0.1, 0.15) is 5.69 Å². The van der Waals surface area contributed by atoms with Crippen LogP contribution in [-0.4, -0.2) is 54.6 Å². The molecule has 0 atom stereocenters. The van der Waals surface area contributed by atoms with E-state index in [0.29, 0.717) is 11.5 Å². The van der Waals surface area contributed by atoms with Crippen LogP contribution in [0, 0.1) is 0 Å². The molecule has 1 aliphatic rings. The molecule has 4 heterocycles. The molecular formula is C28H22F2N6O. The van der Waals surface area contributed by atoms with Crippen molar-refractivity contribution in [1.82, 2.24) is 29.6 Å². The number of carbonyl (C=O) groups is 1. The summed E-state index contributed by atoms with van der Waals surface area (Å²) in [7, 11) is 1.76. The number of benzene rings is 2. The van der Waals surface area contributed by atoms with Gasteiger partial charge in [-0.05, 0) is 41.5 Å². The third kappa shape index (κ3) is 4.40. The summed E-state index contributed by atoms with van der Waals surface area (Å²) >= 11 is 0. The first kappa shape index (κ1) is 22.8. The third-order valence-corrected chi connectivity index (χ3v) is 6.50. The molecular weight excluding hydrogens is 474 g/mol. The first-order valence-electron chi connectivity index (χ1n) is 11.7. The number of halogens is 2. The Morgan fingerprint density at radius 3 is 2.68 bits per heavy atom. The van der Waals surface area contributed by atoms with E-state index in [1.165, 1.54) is 4.90 Å². The molecule has 0 unspecified atom stereocenters. The molecule has 2 aromatic carbocycles. The normalized spacial score (nSPS) is 14.8. The Bertz CT molecular complexity index is 1650. The van der Waals surface area contributed by atoms with Crippen molar-refractivity contribution in [3.05, 3.63) is 90.1 Å². The second-order valence-corrected chi connectivity index (χ2v) is 9.13. The second-order valence-electron chi connectivity index (χ2n) is 9.13. The van der Waals surface area contributed by atoms with E-state index in [0.717, 1.165) is 38.9 Å². The molecule has 1 saturated heterocycles. The van der Waals surface area contributed by atoms with Crippen LogP contribution in [0.25, 0.3) is 45.6 Å². The van der Waals surface area contributed by atoms with Gasteiger partial charge >= 0.3 is 0 Å². The van der Waals surface area contributed by atoms with Gasteiger partial charge in [-0.15, -0.1) is 0 Å². The zero-order valence-electron chi connectivity index (χ0n) is 19.9. The van der Waals surface area contributed by atoms with Gasteiger partial charge in [0.25, 0.3) is 11.8 Å². The van der Waals surface area contributed by atoms with E-state index >= 15 is 0 Å². The summed E-state index contributed by atoms with van der Waals surface area (Å²) in [5.41, 5.74) is 5.83. The van der Waals surface area contributed by atoms with E-state index < -0.39 is 24.9 Å². The number of aromatic nitrogens is 5. The Balaban J connectivity index is 1.25. The largest absolute Gasteiger partial charge is 0.340 e. The lowest BCUT2D eigenvalue weighted by Crippen LogP contribution is -2.58. The molecule has 184 valence electrons. The summed E-state index contributed by atoms with van der Waals surface area (Å²) in [5.74, 6) is -2.65. The number of carbonyl (C=O) groups excluding carboxylic acids is 1. The van der Waals surface area contributed by atoms with E-state index in [4.69, 9.17) is 4.98 Å². The lowest BCUT2D eigenvalue weighted by atomic mass is 10.1. The second kappa shape index (κ2) is 8.77. The van der Waals surface area contributed by atoms with Crippen molar-refractivity contribution >= 4 is 29.0 Å². The molecule has 6 rings (SSSR count). The summed E-state index contributed by atoms with van der Waals surface area (Å²) < 4.78 is 28.2. The van der Waals surface area contributed by atoms with E-state index in [1.54, 1.807) is 30.1 Å². The lowest BCUT2D eigenvalue weighted by molar-refractivity contribution is -0.113. The van der Waals surface area contributed by atoms with Gasteiger partial charge in [0.15, 0.2) is 5.82 Å². The Labute approximate surface area is 211 Å². The van der Waals surface area contributed by atoms with Gasteiger partial charge in [0, 0.05) is 41.5 Å². The van der Waals surface area contributed by atoms with E-state index in [1.807, 2.05) is 60.8 Å². The van der Waals surface area contributed by atoms with Gasteiger partial charge in [-0.2, -0.15) is 5.10 Å². The smallest absolute Gasteiger partial charge is 0.282 e. The summed E-state index contributed by atoms with van der Waals surface area (Å²) in [6, 6.07) is 17.4. The molecule has 0 bridgehead atoms. The minimum Gasteiger partial charge on any atom is -0.340 e. The van der Waals surface area contributed by atoms with Crippen molar-refractivity contribution in [2.45, 2.75) is 5.92 Å². The number of nitrogens with zero attached hydrogens (tertiary/aromatic N) is 5. The number of aryl methyl sites for hydroxylation is 1. The average Bonchev–Trinajstić information content (AvgIpc) is 3.54. The molecule has 1 fully saturated rings. The molecule has 1 N–H and O–H groups in total. The molecule has 0 saturated carbocycles. The van der Waals surface area contributed by atoms with Crippen molar-refractivity contribution in [2.75, 3.05) is 13.1 Å². The predicted octanol–water partition coefficient (Wildman–Crippen LogP) is 5.29. The van der Waals surface area contributed by atoms with Crippen LogP contribution >= 0.6 is 0 Å². The Kier molecular flexibility index (Phi) is 5.40. The quantitative estimate of drug-likeness (QED) is 0.359. The van der Waals surface area contributed by atoms with Crippen molar-refractivity contribution in [3.8, 4) is 22.5 Å². The first-order chi connectivity index (χ1) is 17.9. The molecule has 5 aromatic rings. The van der Waals surface area contributed by atoms with Crippen LogP contribution in [-0.2, 0) is 7.05 Å². The number of aromatic amines is 1. The summed E-state index contributed by atoms with van der Waals surface area (Å²) in [4.78, 5) is 23.0. The van der Waals surface area contributed by atoms with Crippen LogP contribution < -0.4 is 0 Å². The molecule has 0 radical (unpaired) electrons. The summed E-state index contributed by atoms with van der Waals surface area (Å²) in [6.45, 7) is -1.08. The number of alkyl halides is 2. The highest BCUT2D eigenvalue weighted by Gasteiger charge is 2.46. The Morgan fingerprint density at radius 1 is 1.03 bits per heavy atom. The zero-order chi connectivity index (χ0) is 25.6. The highest BCUT2D eigenvalue weighted by molar-refractivity contribution is 6.00. The maximum absolute atomic E-state index is 13.2. The summed E-state index contributed by atoms with van der Waals surface area (Å²) in [6.07, 6.45) is 9.27. The fourth-order valence-corrected chi connectivity index (χ4v) is 4.51. The van der Waals surface area contributed by atoms with Crippen LogP contribution in [0.15, 0.2) is 73.2 Å². The summed E-state index contributed by atoms with van der Waals surface area (Å²) in [5, 5.41) is 7.68. The van der Waals surface area contributed by atoms with Gasteiger partial charge in [0.2, 0.25) is 0 Å². The average molecular weight is 497 g/mol. The van der Waals surface area contributed by atoms with E-state index in [-0.39, 0.29) is 0 Å². The number of nitrogens with one attached hydrogen (secondary N) is 1. The van der Waals surface area contributed by atoms with Gasteiger partial charge in [-0.1, -0.05) is 36.4 Å². The van der Waals surface area contributed by atoms with Crippen LogP contribution in [0.3, 0.4) is 0 Å². The van der Waals surface area contributed by atoms with Crippen molar-refractivity contribution < 1.29 is 13.6 Å². The number of H-pyrrole nitrogens is 1. The van der Waals surface area contributed by atoms with Gasteiger partial charge in [0.05, 0.1) is 25.0 Å². The van der Waals surface area contributed by atoms with Crippen LogP contribution in [0.5, 0.6) is 0 Å². The highest BCUT2D eigenvalue weighted by atomic mass is 19.3. The molecule has 9 heteroatoms. The Morgan fingerprint density at radius 2 is 1.89 bits per heavy atom. The molecule has 0 aliphatic carbocycles. The van der Waals surface area contributed by atoms with Crippen LogP contribution in [0.1, 0.15) is 21.7 Å². The van der Waals surface area contributed by atoms with Crippen molar-refractivity contribution in [2.24, 2.45) is 7.05 Å². The van der Waals surface area contributed by atoms with Gasteiger partial charge in [-0.25, -0.2) is 18.7 Å². The fraction of sp³-hybridized carbons (Fsp3) is 0.143. The molecule has 1 aliphatic heterocycles. The van der Waals surface area contributed by atoms with Crippen LogP contribution in [0.2, 0.25) is 0 Å².